The van der Waals surface area contributed by atoms with Crippen molar-refractivity contribution in [3.63, 3.8) is 0 Å². The van der Waals surface area contributed by atoms with E-state index in [1.807, 2.05) is 60.7 Å². The number of aromatic amines is 1. The van der Waals surface area contributed by atoms with Gasteiger partial charge >= 0.3 is 15.0 Å². The summed E-state index contributed by atoms with van der Waals surface area (Å²) in [4.78, 5) is 55.2. The number of anilines is 2. The summed E-state index contributed by atoms with van der Waals surface area (Å²) in [6.45, 7) is -2.29. The molecule has 4 heterocycles. The highest BCUT2D eigenvalue weighted by atomic mass is 32.5. The third kappa shape index (κ3) is 12.0. The number of nitrogens with one attached hydrogen (secondary N) is 3. The van der Waals surface area contributed by atoms with Crippen LogP contribution in [0.15, 0.2) is 109 Å². The number of alkyl halides is 2. The molecule has 3 aromatic heterocycles. The summed E-state index contributed by atoms with van der Waals surface area (Å²) < 4.78 is 95.8. The number of fused-ring (bicyclic) bond motifs is 1. The van der Waals surface area contributed by atoms with E-state index in [1.165, 1.54) is 29.5 Å². The number of imidazole rings is 1. The van der Waals surface area contributed by atoms with Crippen LogP contribution in [-0.2, 0) is 54.3 Å². The van der Waals surface area contributed by atoms with Crippen LogP contribution in [0.25, 0.3) is 11.2 Å². The Morgan fingerprint density at radius 3 is 2.27 bits per heavy atom. The number of halogens is 2. The first-order valence-corrected chi connectivity index (χ1v) is 26.8. The van der Waals surface area contributed by atoms with Crippen LogP contribution in [0.3, 0.4) is 0 Å². The van der Waals surface area contributed by atoms with Gasteiger partial charge in [-0.15, -0.1) is 9.42 Å². The number of methoxy groups -OCH3 is 2. The average Bonchev–Trinajstić information content (AvgIpc) is 4.06. The van der Waals surface area contributed by atoms with Gasteiger partial charge in [-0.25, -0.2) is 23.7 Å². The number of rotatable bonds is 23. The molecule has 1 unspecified atom stereocenters. The summed E-state index contributed by atoms with van der Waals surface area (Å²) in [7, 11) is -0.214. The summed E-state index contributed by atoms with van der Waals surface area (Å²) in [5.41, 5.74) is -0.601. The van der Waals surface area contributed by atoms with Gasteiger partial charge in [-0.2, -0.15) is 10.2 Å². The van der Waals surface area contributed by atoms with E-state index >= 15 is 8.78 Å². The number of nitriles is 1. The van der Waals surface area contributed by atoms with Gasteiger partial charge in [-0.05, 0) is 65.2 Å². The van der Waals surface area contributed by atoms with Crippen LogP contribution in [0.5, 0.6) is 11.5 Å². The van der Waals surface area contributed by atoms with Gasteiger partial charge in [0.25, 0.3) is 5.56 Å². The Hall–Kier alpha value is -6.22. The van der Waals surface area contributed by atoms with E-state index < -0.39 is 100 Å². The molecule has 0 spiro atoms. The first-order chi connectivity index (χ1) is 35.7. The van der Waals surface area contributed by atoms with Gasteiger partial charge in [0.1, 0.15) is 41.5 Å². The number of benzene rings is 3. The molecule has 4 N–H and O–H groups in total. The molecule has 21 nitrogen and oxygen atoms in total. The molecular formula is C48H52F2N9O12P2S+. The molecular weight excluding hydrogens is 1030 g/mol. The standard InChI is InChI=1S/C48H51F2N9O12P2S/c1-28(2)44(60)57-47-56-43-40(45(61)58-47)54-27-59(43)46-42(71-73(74,67-22-8-20-51)68-24-29-23-35(38(49)41(29)70-72(62)63)55-37-19-21-52-26-53-37)39(50)36(69-46)25-66-48(30-9-6-5-7-10-30,31-11-15-33(64-3)16-12-31)32-13-17-34(65-4)18-14-32/h5-7,9-19,21,26-29,35-36,38-39,41-42,46H,8,22-25H2,1-4H3,(H3-,52,53,55,56,57,58,60,61,62,63)/p+1/t29-,35-,36-,38+,39-,41-,42-,46-,73+/m1/s1. The lowest BCUT2D eigenvalue weighted by Crippen LogP contribution is -2.38. The van der Waals surface area contributed by atoms with Crippen molar-refractivity contribution in [2.24, 2.45) is 11.8 Å². The van der Waals surface area contributed by atoms with Crippen molar-refractivity contribution < 1.29 is 60.1 Å². The van der Waals surface area contributed by atoms with Crippen LogP contribution in [0, 0.1) is 23.2 Å². The summed E-state index contributed by atoms with van der Waals surface area (Å²) in [5, 5.41) is 15.0. The van der Waals surface area contributed by atoms with Crippen LogP contribution in [0.1, 0.15) is 49.6 Å². The van der Waals surface area contributed by atoms with Crippen LogP contribution in [0.4, 0.5) is 20.5 Å². The predicted octanol–water partition coefficient (Wildman–Crippen LogP) is 7.20. The zero-order chi connectivity index (χ0) is 52.6. The van der Waals surface area contributed by atoms with Crippen molar-refractivity contribution in [3.05, 3.63) is 131 Å². The molecule has 3 aromatic carbocycles. The molecule has 1 amide bonds. The van der Waals surface area contributed by atoms with Crippen LogP contribution in [-0.4, -0.2) is 111 Å². The lowest BCUT2D eigenvalue weighted by Gasteiger charge is -2.37. The lowest BCUT2D eigenvalue weighted by molar-refractivity contribution is -0.118. The van der Waals surface area contributed by atoms with Gasteiger partial charge < -0.3 is 33.3 Å². The molecule has 2 aliphatic rings. The van der Waals surface area contributed by atoms with Crippen LogP contribution < -0.4 is 25.7 Å². The molecule has 1 aliphatic heterocycles. The molecule has 0 bridgehead atoms. The van der Waals surface area contributed by atoms with Gasteiger partial charge in [-0.1, -0.05) is 68.4 Å². The topological polar surface area (TPSA) is 265 Å². The molecule has 1 saturated heterocycles. The Morgan fingerprint density at radius 2 is 1.66 bits per heavy atom. The van der Waals surface area contributed by atoms with Crippen LogP contribution >= 0.6 is 15.0 Å². The first kappa shape index (κ1) is 54.1. The number of nitrogens with zero attached hydrogens (tertiary/aromatic N) is 6. The second-order valence-electron chi connectivity index (χ2n) is 17.4. The summed E-state index contributed by atoms with van der Waals surface area (Å²) >= 11 is 5.96. The van der Waals surface area contributed by atoms with E-state index in [1.54, 1.807) is 52.3 Å². The maximum Gasteiger partial charge on any atom is 0.695 e. The molecule has 390 valence electrons. The highest BCUT2D eigenvalue weighted by Gasteiger charge is 2.53. The van der Waals surface area contributed by atoms with Crippen molar-refractivity contribution in [1.82, 2.24) is 29.5 Å². The molecule has 26 heteroatoms. The fourth-order valence-electron chi connectivity index (χ4n) is 8.71. The average molecular weight is 1080 g/mol. The number of ether oxygens (including phenoxy) is 4. The number of amides is 1. The normalized spacial score (nSPS) is 22.8. The Morgan fingerprint density at radius 1 is 0.986 bits per heavy atom. The van der Waals surface area contributed by atoms with E-state index in [-0.39, 0.29) is 42.4 Å². The molecule has 74 heavy (non-hydrogen) atoms. The SMILES string of the molecule is COc1ccc(C(OC[C@H]2O[C@@H](n3cnc4c(=O)[nH]c(NC(=O)C(C)C)nc43)[C@H](O[P@](=S)(OCCC#N)OC[C@H]3C[C@@H](Nc4ccncn4)[C@H](F)[C@@H]3O[P+](=O)O)[C@@H]2F)(c2ccccc2)c2ccc(OC)cc2)cc1. The molecule has 1 aliphatic carbocycles. The Balaban J connectivity index is 1.18. The highest BCUT2D eigenvalue weighted by Crippen LogP contribution is 2.56. The van der Waals surface area contributed by atoms with Gasteiger partial charge in [0.05, 0.1) is 58.9 Å². The maximum atomic E-state index is 18.0. The van der Waals surface area contributed by atoms with Crippen LogP contribution in [0.2, 0.25) is 0 Å². The van der Waals surface area contributed by atoms with E-state index in [2.05, 4.69) is 35.6 Å². The number of hydrogen-bond donors (Lipinski definition) is 4. The molecule has 0 radical (unpaired) electrons. The minimum absolute atomic E-state index is 0.0324. The van der Waals surface area contributed by atoms with Crippen molar-refractivity contribution in [1.29, 1.82) is 5.26 Å². The van der Waals surface area contributed by atoms with Gasteiger partial charge in [0.2, 0.25) is 11.9 Å². The van der Waals surface area contributed by atoms with Crippen molar-refractivity contribution in [3.8, 4) is 17.6 Å². The molecule has 6 aromatic rings. The van der Waals surface area contributed by atoms with Crippen molar-refractivity contribution in [2.75, 3.05) is 44.7 Å². The maximum absolute atomic E-state index is 18.0. The second-order valence-corrected chi connectivity index (χ2v) is 21.0. The number of aromatic nitrogens is 6. The van der Waals surface area contributed by atoms with E-state index in [0.29, 0.717) is 28.2 Å². The van der Waals surface area contributed by atoms with Crippen molar-refractivity contribution >= 4 is 55.6 Å². The molecule has 1 saturated carbocycles. The third-order valence-electron chi connectivity index (χ3n) is 12.4. The lowest BCUT2D eigenvalue weighted by atomic mass is 9.80. The van der Waals surface area contributed by atoms with Crippen molar-refractivity contribution in [2.45, 2.75) is 75.2 Å². The van der Waals surface area contributed by atoms with Gasteiger partial charge in [0.15, 0.2) is 35.8 Å². The predicted molar refractivity (Wildman–Crippen MR) is 267 cm³/mol. The van der Waals surface area contributed by atoms with E-state index in [9.17, 15) is 24.3 Å². The fourth-order valence-corrected chi connectivity index (χ4v) is 11.3. The van der Waals surface area contributed by atoms with E-state index in [0.717, 1.165) is 0 Å². The number of carbonyl (C=O) groups is 1. The summed E-state index contributed by atoms with van der Waals surface area (Å²) in [6.07, 6.45) is -6.70. The molecule has 8 rings (SSSR count). The van der Waals surface area contributed by atoms with E-state index in [4.69, 9.17) is 48.8 Å². The minimum Gasteiger partial charge on any atom is -0.497 e. The summed E-state index contributed by atoms with van der Waals surface area (Å²) in [6, 6.07) is 26.1. The van der Waals surface area contributed by atoms with Gasteiger partial charge in [0, 0.05) is 22.6 Å². The molecule has 2 fully saturated rings. The smallest absolute Gasteiger partial charge is 0.497 e. The van der Waals surface area contributed by atoms with Gasteiger partial charge in [-0.3, -0.25) is 29.0 Å². The zero-order valence-electron chi connectivity index (χ0n) is 40.2. The number of H-pyrrole nitrogens is 1. The Labute approximate surface area is 429 Å². The zero-order valence-corrected chi connectivity index (χ0v) is 42.8. The second kappa shape index (κ2) is 24.0. The minimum atomic E-state index is -4.28. The third-order valence-corrected chi connectivity index (χ3v) is 15.2. The number of carbonyl (C=O) groups excluding carboxylic acids is 1. The summed E-state index contributed by atoms with van der Waals surface area (Å²) in [5.74, 6) is -0.733. The molecule has 10 atom stereocenters. The quantitative estimate of drug-likeness (QED) is 0.0281. The highest BCUT2D eigenvalue weighted by molar-refractivity contribution is 8.07. The Kier molecular flexibility index (Phi) is 17.5. The Bertz CT molecular complexity index is 2990. The monoisotopic (exact) mass is 1080 g/mol. The number of hydrogen-bond acceptors (Lipinski definition) is 18. The fraction of sp³-hybridized carbons (Fsp3) is 0.396. The first-order valence-electron chi connectivity index (χ1n) is 23.2. The largest absolute Gasteiger partial charge is 0.695 e.